The molecule has 0 unspecified atom stereocenters. The maximum absolute atomic E-state index is 13.4. The molecule has 0 aliphatic rings. The highest BCUT2D eigenvalue weighted by Crippen LogP contribution is 2.19. The number of nitrogens with zero attached hydrogens (tertiary/aromatic N) is 1. The largest absolute Gasteiger partial charge is 0.436 e. The fourth-order valence-electron chi connectivity index (χ4n) is 3.03. The van der Waals surface area contributed by atoms with Gasteiger partial charge in [0, 0.05) is 11.1 Å². The van der Waals surface area contributed by atoms with Gasteiger partial charge in [-0.3, -0.25) is 4.79 Å². The van der Waals surface area contributed by atoms with Gasteiger partial charge < -0.3 is 9.73 Å². The highest BCUT2D eigenvalue weighted by Gasteiger charge is 2.17. The zero-order chi connectivity index (χ0) is 23.6. The molecule has 0 spiro atoms. The van der Waals surface area contributed by atoms with Crippen LogP contribution in [0.3, 0.4) is 0 Å². The topological polar surface area (TPSA) is 101 Å². The van der Waals surface area contributed by atoms with E-state index in [9.17, 15) is 17.6 Å². The third-order valence-corrected chi connectivity index (χ3v) is 6.14. The predicted octanol–water partition coefficient (Wildman–Crippen LogP) is 4.58. The molecule has 1 heterocycles. The lowest BCUT2D eigenvalue weighted by Crippen LogP contribution is -2.27. The van der Waals surface area contributed by atoms with E-state index >= 15 is 0 Å². The zero-order valence-corrected chi connectivity index (χ0v) is 18.7. The van der Waals surface area contributed by atoms with Gasteiger partial charge >= 0.3 is 0 Å². The molecular weight excluding hydrogens is 469 g/mol. The minimum Gasteiger partial charge on any atom is -0.436 e. The molecule has 2 N–H and O–H groups in total. The Balaban J connectivity index is 1.76. The smallest absolute Gasteiger partial charge is 0.276 e. The fraction of sp³-hybridized carbons (Fsp3) is 0.0435. The van der Waals surface area contributed by atoms with Crippen molar-refractivity contribution in [3.8, 4) is 0 Å². The first-order valence-electron chi connectivity index (χ1n) is 9.64. The van der Waals surface area contributed by atoms with Crippen LogP contribution in [0, 0.1) is 12.7 Å². The lowest BCUT2D eigenvalue weighted by Gasteiger charge is -2.08. The summed E-state index contributed by atoms with van der Waals surface area (Å²) in [7, 11) is -4.22. The Morgan fingerprint density at radius 1 is 1.03 bits per heavy atom. The monoisotopic (exact) mass is 485 g/mol. The first-order chi connectivity index (χ1) is 15.7. The lowest BCUT2D eigenvalue weighted by molar-refractivity contribution is 0.102. The summed E-state index contributed by atoms with van der Waals surface area (Å²) in [6, 6.07) is 18.6. The molecule has 4 rings (SSSR count). The number of nitrogens with one attached hydrogen (secondary N) is 2. The zero-order valence-electron chi connectivity index (χ0n) is 17.2. The van der Waals surface area contributed by atoms with Crippen LogP contribution in [0.1, 0.15) is 15.9 Å². The maximum Gasteiger partial charge on any atom is 0.276 e. The lowest BCUT2D eigenvalue weighted by atomic mass is 10.1. The van der Waals surface area contributed by atoms with Crippen molar-refractivity contribution < 1.29 is 22.0 Å². The summed E-state index contributed by atoms with van der Waals surface area (Å²) in [4.78, 5) is 14.7. The normalized spacial score (nSPS) is 12.0. The van der Waals surface area contributed by atoms with E-state index in [1.54, 1.807) is 48.5 Å². The molecule has 1 amide bonds. The first-order valence-corrected chi connectivity index (χ1v) is 11.5. The second-order valence-corrected chi connectivity index (χ2v) is 9.18. The van der Waals surface area contributed by atoms with Gasteiger partial charge in [-0.15, -0.1) is 5.10 Å². The Morgan fingerprint density at radius 2 is 1.82 bits per heavy atom. The molecule has 10 heteroatoms. The molecule has 0 saturated heterocycles. The Hall–Kier alpha value is -3.69. The number of benzene rings is 3. The summed E-state index contributed by atoms with van der Waals surface area (Å²) >= 11 is 5.69. The van der Waals surface area contributed by atoms with Crippen LogP contribution >= 0.6 is 11.6 Å². The van der Waals surface area contributed by atoms with Gasteiger partial charge in [0.2, 0.25) is 5.55 Å². The van der Waals surface area contributed by atoms with E-state index < -0.39 is 21.7 Å². The molecule has 3 aromatic carbocycles. The number of amides is 1. The Bertz CT molecular complexity index is 1550. The van der Waals surface area contributed by atoms with Crippen LogP contribution in [-0.2, 0) is 10.0 Å². The third-order valence-electron chi connectivity index (χ3n) is 4.65. The number of halogens is 2. The third kappa shape index (κ3) is 5.05. The number of carbonyl (C=O) groups excluding carboxylic acids is 1. The van der Waals surface area contributed by atoms with E-state index in [2.05, 4.69) is 10.4 Å². The molecule has 7 nitrogen and oxygen atoms in total. The number of para-hydroxylation sites is 1. The van der Waals surface area contributed by atoms with Crippen molar-refractivity contribution in [3.63, 3.8) is 0 Å². The van der Waals surface area contributed by atoms with Crippen LogP contribution in [-0.4, -0.2) is 14.3 Å². The molecule has 0 aliphatic carbocycles. The average Bonchev–Trinajstić information content (AvgIpc) is 2.79. The van der Waals surface area contributed by atoms with Gasteiger partial charge in [-0.25, -0.2) is 4.39 Å². The fourth-order valence-corrected chi connectivity index (χ4v) is 4.11. The second-order valence-electron chi connectivity index (χ2n) is 7.11. The number of aryl methyl sites for hydroxylation is 1. The number of sulfonamides is 1. The van der Waals surface area contributed by atoms with Crippen molar-refractivity contribution in [2.75, 3.05) is 5.32 Å². The second kappa shape index (κ2) is 9.05. The van der Waals surface area contributed by atoms with E-state index in [-0.39, 0.29) is 21.0 Å². The average molecular weight is 486 g/mol. The number of anilines is 1. The predicted molar refractivity (Wildman–Crippen MR) is 123 cm³/mol. The molecule has 1 aromatic heterocycles. The maximum atomic E-state index is 13.4. The molecule has 168 valence electrons. The molecule has 0 fully saturated rings. The summed E-state index contributed by atoms with van der Waals surface area (Å²) in [5, 5.41) is 6.85. The van der Waals surface area contributed by atoms with Gasteiger partial charge in [0.1, 0.15) is 17.0 Å². The summed E-state index contributed by atoms with van der Waals surface area (Å²) in [6.45, 7) is 1.89. The minimum absolute atomic E-state index is 0.00930. The molecule has 0 saturated carbocycles. The van der Waals surface area contributed by atoms with Crippen LogP contribution in [0.25, 0.3) is 11.0 Å². The first kappa shape index (κ1) is 22.5. The van der Waals surface area contributed by atoms with E-state index in [4.69, 9.17) is 16.0 Å². The van der Waals surface area contributed by atoms with Crippen molar-refractivity contribution in [3.05, 3.63) is 100 Å². The molecule has 0 radical (unpaired) electrons. The molecule has 0 aliphatic heterocycles. The van der Waals surface area contributed by atoms with Crippen molar-refractivity contribution in [1.29, 1.82) is 0 Å². The van der Waals surface area contributed by atoms with Gasteiger partial charge in [0.15, 0.2) is 0 Å². The van der Waals surface area contributed by atoms with Gasteiger partial charge in [-0.05, 0) is 55.0 Å². The number of carbonyl (C=O) groups is 1. The van der Waals surface area contributed by atoms with Crippen molar-refractivity contribution >= 4 is 44.2 Å². The van der Waals surface area contributed by atoms with E-state index in [1.165, 1.54) is 0 Å². The molecular formula is C23H17ClFN3O4S. The molecule has 0 atom stereocenters. The molecule has 0 bridgehead atoms. The van der Waals surface area contributed by atoms with Crippen molar-refractivity contribution in [2.45, 2.75) is 11.8 Å². The number of hydrogen-bond donors (Lipinski definition) is 2. The van der Waals surface area contributed by atoms with Crippen LogP contribution in [0.5, 0.6) is 0 Å². The van der Waals surface area contributed by atoms with Gasteiger partial charge in [-0.1, -0.05) is 41.9 Å². The molecule has 33 heavy (non-hydrogen) atoms. The Kier molecular flexibility index (Phi) is 6.17. The van der Waals surface area contributed by atoms with Crippen LogP contribution in [0.4, 0.5) is 10.1 Å². The van der Waals surface area contributed by atoms with Crippen LogP contribution < -0.4 is 15.7 Å². The van der Waals surface area contributed by atoms with Gasteiger partial charge in [-0.2, -0.15) is 13.2 Å². The minimum atomic E-state index is -4.22. The number of hydrogen-bond acceptors (Lipinski definition) is 5. The summed E-state index contributed by atoms with van der Waals surface area (Å²) in [5.41, 5.74) is 1.66. The summed E-state index contributed by atoms with van der Waals surface area (Å²) in [5.74, 6) is -1.30. The van der Waals surface area contributed by atoms with Crippen LogP contribution in [0.2, 0.25) is 5.02 Å². The van der Waals surface area contributed by atoms with E-state index in [0.29, 0.717) is 16.7 Å². The van der Waals surface area contributed by atoms with Gasteiger partial charge in [0.25, 0.3) is 15.9 Å². The van der Waals surface area contributed by atoms with Crippen molar-refractivity contribution in [1.82, 2.24) is 4.83 Å². The van der Waals surface area contributed by atoms with Gasteiger partial charge in [0.05, 0.1) is 9.92 Å². The Morgan fingerprint density at radius 3 is 2.58 bits per heavy atom. The standard InChI is InChI=1S/C23H17ClFN3O4S/c1-14-5-4-7-16(11-14)26-22(29)18-12-15-6-2-3-8-21(15)32-23(18)27-28-33(30,31)17-9-10-20(25)19(24)13-17/h2-13,28H,1H3,(H,26,29)/b27-23-. The highest BCUT2D eigenvalue weighted by molar-refractivity contribution is 7.89. The van der Waals surface area contributed by atoms with E-state index in [0.717, 1.165) is 23.8 Å². The highest BCUT2D eigenvalue weighted by atomic mass is 35.5. The van der Waals surface area contributed by atoms with E-state index in [1.807, 2.05) is 17.8 Å². The van der Waals surface area contributed by atoms with Crippen molar-refractivity contribution in [2.24, 2.45) is 5.10 Å². The Labute approximate surface area is 193 Å². The summed E-state index contributed by atoms with van der Waals surface area (Å²) in [6.07, 6.45) is 0. The quantitative estimate of drug-likeness (QED) is 0.404. The summed E-state index contributed by atoms with van der Waals surface area (Å²) < 4.78 is 44.3. The number of rotatable bonds is 5. The SMILES string of the molecule is Cc1cccc(NC(=O)c2cc3ccccc3o/c2=N\NS(=O)(=O)c2ccc(F)c(Cl)c2)c1. The van der Waals surface area contributed by atoms with Crippen LogP contribution in [0.15, 0.2) is 87.2 Å². The number of fused-ring (bicyclic) bond motifs is 1. The molecule has 4 aromatic rings.